The molecule has 6 aromatic rings. The molecule has 0 aliphatic carbocycles. The van der Waals surface area contributed by atoms with Gasteiger partial charge in [0, 0.05) is 53.4 Å². The van der Waals surface area contributed by atoms with E-state index in [0.717, 1.165) is 39.5 Å². The van der Waals surface area contributed by atoms with Crippen LogP contribution in [-0.4, -0.2) is 51.5 Å². The van der Waals surface area contributed by atoms with Crippen molar-refractivity contribution < 1.29 is 0 Å². The maximum absolute atomic E-state index is 2.47. The molecule has 0 saturated carbocycles. The molecule has 0 atom stereocenters. The number of nitrogens with zero attached hydrogens (tertiary/aromatic N) is 4. The van der Waals surface area contributed by atoms with Gasteiger partial charge in [0.1, 0.15) is 0 Å². The highest BCUT2D eigenvalue weighted by atomic mass is 15.3. The van der Waals surface area contributed by atoms with Crippen LogP contribution in [0.5, 0.6) is 0 Å². The van der Waals surface area contributed by atoms with Crippen molar-refractivity contribution in [3.05, 3.63) is 164 Å². The minimum Gasteiger partial charge on any atom is -0.358 e. The lowest BCUT2D eigenvalue weighted by molar-refractivity contribution is 0.351. The van der Waals surface area contributed by atoms with Crippen molar-refractivity contribution in [1.29, 1.82) is 0 Å². The predicted molar refractivity (Wildman–Crippen MR) is 291 cm³/mol. The van der Waals surface area contributed by atoms with Gasteiger partial charge in [0.25, 0.3) is 0 Å². The molecule has 0 heterocycles. The maximum Gasteiger partial charge on any atom is 0.0902 e. The summed E-state index contributed by atoms with van der Waals surface area (Å²) in [5, 5.41) is 0. The standard InChI is InChI=1S/C29H30N2.C18H24N2.6C2H6/c1-3-30(28-21-13-11-19-26(28)24-15-7-5-8-16-24)23-31(4-2)29-22-14-12-20-27(29)25-17-9-6-10-18-25;1-4-19(3)15-20(5-2)18-14-10-9-13-17(18)16-11-7-6-8-12-16;6*1-2/h5-22H,3-4,23H2,1-2H3;6-14H,4-5,15H2,1-3H3;6*1-2H3. The minimum atomic E-state index is 0.834. The number of para-hydroxylation sites is 3. The van der Waals surface area contributed by atoms with Crippen molar-refractivity contribution in [2.75, 3.05) is 61.3 Å². The highest BCUT2D eigenvalue weighted by Crippen LogP contribution is 2.34. The highest BCUT2D eigenvalue weighted by molar-refractivity contribution is 5.81. The van der Waals surface area contributed by atoms with Gasteiger partial charge in [-0.15, -0.1) is 0 Å². The molecule has 6 rings (SSSR count). The first kappa shape index (κ1) is 59.8. The molecule has 0 saturated heterocycles. The van der Waals surface area contributed by atoms with Crippen LogP contribution in [0.15, 0.2) is 164 Å². The lowest BCUT2D eigenvalue weighted by Gasteiger charge is -2.34. The number of hydrogen-bond donors (Lipinski definition) is 0. The second-order valence-electron chi connectivity index (χ2n) is 12.7. The van der Waals surface area contributed by atoms with Crippen LogP contribution < -0.4 is 14.7 Å². The summed E-state index contributed by atoms with van der Waals surface area (Å²) >= 11 is 0. The fraction of sp³-hybridized carbons (Fsp3) is 0.390. The molecule has 0 aliphatic heterocycles. The molecule has 0 aromatic heterocycles. The molecule has 0 bridgehead atoms. The summed E-state index contributed by atoms with van der Waals surface area (Å²) in [4.78, 5) is 9.68. The first-order valence-electron chi connectivity index (χ1n) is 24.4. The van der Waals surface area contributed by atoms with Crippen LogP contribution in [0.1, 0.15) is 111 Å². The molecule has 0 spiro atoms. The minimum absolute atomic E-state index is 0.834. The van der Waals surface area contributed by atoms with E-state index in [2.05, 4.69) is 218 Å². The largest absolute Gasteiger partial charge is 0.358 e. The third-order valence-corrected chi connectivity index (χ3v) is 9.43. The molecule has 4 heteroatoms. The monoisotopic (exact) mass is 855 g/mol. The van der Waals surface area contributed by atoms with Crippen LogP contribution in [0.4, 0.5) is 17.1 Å². The van der Waals surface area contributed by atoms with E-state index >= 15 is 0 Å². The van der Waals surface area contributed by atoms with Crippen molar-refractivity contribution in [3.63, 3.8) is 0 Å². The highest BCUT2D eigenvalue weighted by Gasteiger charge is 2.17. The Morgan fingerprint density at radius 2 is 0.492 bits per heavy atom. The molecule has 6 aromatic carbocycles. The summed E-state index contributed by atoms with van der Waals surface area (Å²) in [5.74, 6) is 0. The molecular weight excluding hydrogens is 765 g/mol. The van der Waals surface area contributed by atoms with Gasteiger partial charge in [-0.2, -0.15) is 0 Å². The molecule has 0 fully saturated rings. The third kappa shape index (κ3) is 20.2. The number of rotatable bonds is 14. The van der Waals surface area contributed by atoms with Gasteiger partial charge in [0.05, 0.1) is 13.3 Å². The Balaban J connectivity index is 0. The molecule has 0 aliphatic rings. The van der Waals surface area contributed by atoms with E-state index in [-0.39, 0.29) is 0 Å². The van der Waals surface area contributed by atoms with E-state index in [1.165, 1.54) is 50.4 Å². The maximum atomic E-state index is 2.47. The molecular formula is C59H90N4. The van der Waals surface area contributed by atoms with Crippen molar-refractivity contribution in [2.45, 2.75) is 111 Å². The first-order valence-corrected chi connectivity index (χ1v) is 24.4. The summed E-state index contributed by atoms with van der Waals surface area (Å²) in [6, 6.07) is 58.1. The fourth-order valence-corrected chi connectivity index (χ4v) is 6.47. The van der Waals surface area contributed by atoms with Gasteiger partial charge in [-0.3, -0.25) is 4.90 Å². The van der Waals surface area contributed by atoms with Gasteiger partial charge in [0.2, 0.25) is 0 Å². The van der Waals surface area contributed by atoms with Gasteiger partial charge in [0.15, 0.2) is 0 Å². The van der Waals surface area contributed by atoms with Crippen molar-refractivity contribution >= 4 is 17.1 Å². The first-order chi connectivity index (χ1) is 31.1. The number of anilines is 3. The Morgan fingerprint density at radius 3 is 0.730 bits per heavy atom. The molecule has 346 valence electrons. The van der Waals surface area contributed by atoms with Gasteiger partial charge in [-0.1, -0.05) is 236 Å². The lowest BCUT2D eigenvalue weighted by atomic mass is 10.0. The second-order valence-corrected chi connectivity index (χ2v) is 12.7. The second kappa shape index (κ2) is 39.5. The van der Waals surface area contributed by atoms with Crippen LogP contribution in [0.25, 0.3) is 33.4 Å². The Kier molecular flexibility index (Phi) is 37.5. The molecule has 63 heavy (non-hydrogen) atoms. The van der Waals surface area contributed by atoms with Gasteiger partial charge < -0.3 is 14.7 Å². The summed E-state index contributed by atoms with van der Waals surface area (Å²) in [7, 11) is 2.16. The zero-order valence-corrected chi connectivity index (χ0v) is 43.1. The fourth-order valence-electron chi connectivity index (χ4n) is 6.47. The third-order valence-electron chi connectivity index (χ3n) is 9.43. The Morgan fingerprint density at radius 1 is 0.270 bits per heavy atom. The van der Waals surface area contributed by atoms with Gasteiger partial charge in [-0.25, -0.2) is 0 Å². The van der Waals surface area contributed by atoms with Gasteiger partial charge in [-0.05, 0) is 69.3 Å². The van der Waals surface area contributed by atoms with Crippen LogP contribution >= 0.6 is 0 Å². The van der Waals surface area contributed by atoms with E-state index in [1.807, 2.05) is 83.1 Å². The molecule has 0 unspecified atom stereocenters. The zero-order chi connectivity index (χ0) is 47.8. The summed E-state index contributed by atoms with van der Waals surface area (Å²) in [5.41, 5.74) is 11.5. The van der Waals surface area contributed by atoms with E-state index < -0.39 is 0 Å². The van der Waals surface area contributed by atoms with Crippen LogP contribution in [0, 0.1) is 0 Å². The van der Waals surface area contributed by atoms with Crippen molar-refractivity contribution in [1.82, 2.24) is 4.90 Å². The molecule has 0 amide bonds. The van der Waals surface area contributed by atoms with E-state index in [9.17, 15) is 0 Å². The Labute approximate surface area is 389 Å². The van der Waals surface area contributed by atoms with Crippen LogP contribution in [-0.2, 0) is 0 Å². The van der Waals surface area contributed by atoms with Crippen molar-refractivity contribution in [2.24, 2.45) is 0 Å². The summed E-state index contributed by atoms with van der Waals surface area (Å²) in [6.45, 7) is 38.6. The van der Waals surface area contributed by atoms with Crippen LogP contribution in [0.2, 0.25) is 0 Å². The summed E-state index contributed by atoms with van der Waals surface area (Å²) in [6.07, 6.45) is 0. The molecule has 4 nitrogen and oxygen atoms in total. The zero-order valence-electron chi connectivity index (χ0n) is 43.1. The SMILES string of the molecule is CC.CC.CC.CC.CC.CC.CCN(C)CN(CC)c1ccccc1-c1ccccc1.CCN(CN(CC)c1ccccc1-c1ccccc1)c1ccccc1-c1ccccc1. The smallest absolute Gasteiger partial charge is 0.0902 e. The average Bonchev–Trinajstić information content (AvgIpc) is 3.40. The van der Waals surface area contributed by atoms with E-state index in [1.54, 1.807) is 0 Å². The quantitative estimate of drug-likeness (QED) is 0.101. The van der Waals surface area contributed by atoms with Crippen LogP contribution in [0.3, 0.4) is 0 Å². The number of hydrogen-bond acceptors (Lipinski definition) is 4. The van der Waals surface area contributed by atoms with E-state index in [4.69, 9.17) is 0 Å². The topological polar surface area (TPSA) is 13.0 Å². The Bertz CT molecular complexity index is 1790. The normalized spacial score (nSPS) is 9.24. The van der Waals surface area contributed by atoms with Gasteiger partial charge >= 0.3 is 0 Å². The molecule has 0 N–H and O–H groups in total. The average molecular weight is 855 g/mol. The molecule has 0 radical (unpaired) electrons. The summed E-state index contributed by atoms with van der Waals surface area (Å²) < 4.78 is 0. The lowest BCUT2D eigenvalue weighted by Crippen LogP contribution is -2.38. The number of benzene rings is 6. The predicted octanol–water partition coefficient (Wildman–Crippen LogP) is 17.6. The Hall–Kier alpha value is -5.32. The van der Waals surface area contributed by atoms with Crippen molar-refractivity contribution in [3.8, 4) is 33.4 Å². The van der Waals surface area contributed by atoms with E-state index in [0.29, 0.717) is 0 Å².